The van der Waals surface area contributed by atoms with Crippen LogP contribution in [0.2, 0.25) is 0 Å². The highest BCUT2D eigenvalue weighted by molar-refractivity contribution is 5.95. The van der Waals surface area contributed by atoms with Crippen LogP contribution in [0, 0.1) is 5.41 Å². The van der Waals surface area contributed by atoms with E-state index in [1.807, 2.05) is 20.8 Å². The molecule has 1 rings (SSSR count). The number of rotatable bonds is 5. The van der Waals surface area contributed by atoms with Gasteiger partial charge in [-0.05, 0) is 30.0 Å². The number of anilines is 1. The Bertz CT molecular complexity index is 624. The van der Waals surface area contributed by atoms with Crippen LogP contribution in [0.5, 0.6) is 0 Å². The largest absolute Gasteiger partial charge is 0.471 e. The quantitative estimate of drug-likeness (QED) is 0.849. The number of hydrogen-bond donors (Lipinski definition) is 2. The number of nitrogens with one attached hydrogen (secondary N) is 1. The Morgan fingerprint density at radius 3 is 2.32 bits per heavy atom. The first-order valence-electron chi connectivity index (χ1n) is 7.87. The fraction of sp³-hybridized carbons (Fsp3) is 0.529. The number of amides is 2. The molecular formula is C17H24F3N3O2. The molecule has 1 aromatic rings. The van der Waals surface area contributed by atoms with Crippen molar-refractivity contribution >= 4 is 17.5 Å². The molecule has 1 atom stereocenters. The second-order valence-electron chi connectivity index (χ2n) is 6.85. The maximum Gasteiger partial charge on any atom is 0.471 e. The van der Waals surface area contributed by atoms with Gasteiger partial charge in [0, 0.05) is 18.8 Å². The number of alkyl halides is 3. The predicted octanol–water partition coefficient (Wildman–Crippen LogP) is 2.91. The number of nitrogens with zero attached hydrogens (tertiary/aromatic N) is 1. The third kappa shape index (κ3) is 6.04. The Hall–Kier alpha value is -2.09. The molecule has 0 bridgehead atoms. The lowest BCUT2D eigenvalue weighted by atomic mass is 9.87. The normalized spacial score (nSPS) is 13.3. The van der Waals surface area contributed by atoms with Crippen molar-refractivity contribution in [2.45, 2.75) is 46.5 Å². The van der Waals surface area contributed by atoms with E-state index >= 15 is 0 Å². The van der Waals surface area contributed by atoms with E-state index in [4.69, 9.17) is 5.73 Å². The molecule has 0 fully saturated rings. The summed E-state index contributed by atoms with van der Waals surface area (Å²) in [4.78, 5) is 24.2. The first-order valence-corrected chi connectivity index (χ1v) is 7.87. The van der Waals surface area contributed by atoms with E-state index in [1.54, 1.807) is 18.2 Å². The van der Waals surface area contributed by atoms with Crippen molar-refractivity contribution in [2.24, 2.45) is 11.1 Å². The maximum atomic E-state index is 12.6. The second-order valence-corrected chi connectivity index (χ2v) is 6.85. The van der Waals surface area contributed by atoms with Crippen LogP contribution >= 0.6 is 0 Å². The summed E-state index contributed by atoms with van der Waals surface area (Å²) >= 11 is 0. The molecular weight excluding hydrogens is 335 g/mol. The van der Waals surface area contributed by atoms with E-state index in [9.17, 15) is 22.8 Å². The van der Waals surface area contributed by atoms with Gasteiger partial charge in [-0.1, -0.05) is 32.9 Å². The minimum Gasteiger partial charge on any atom is -0.331 e. The molecule has 5 nitrogen and oxygen atoms in total. The fourth-order valence-electron chi connectivity index (χ4n) is 2.09. The summed E-state index contributed by atoms with van der Waals surface area (Å²) in [6.07, 6.45) is -4.92. The molecule has 3 N–H and O–H groups in total. The Morgan fingerprint density at radius 2 is 1.84 bits per heavy atom. The van der Waals surface area contributed by atoms with Gasteiger partial charge in [0.15, 0.2) is 0 Å². The average Bonchev–Trinajstić information content (AvgIpc) is 2.49. The fourth-order valence-corrected chi connectivity index (χ4v) is 2.09. The van der Waals surface area contributed by atoms with Gasteiger partial charge in [-0.2, -0.15) is 13.2 Å². The number of nitrogens with two attached hydrogens (primary N) is 1. The maximum absolute atomic E-state index is 12.6. The minimum atomic E-state index is -4.92. The van der Waals surface area contributed by atoms with E-state index in [0.717, 1.165) is 0 Å². The third-order valence-corrected chi connectivity index (χ3v) is 3.69. The summed E-state index contributed by atoms with van der Waals surface area (Å²) in [5.41, 5.74) is 6.34. The first kappa shape index (κ1) is 21.0. The van der Waals surface area contributed by atoms with Crippen molar-refractivity contribution in [1.82, 2.24) is 4.90 Å². The third-order valence-electron chi connectivity index (χ3n) is 3.69. The lowest BCUT2D eigenvalue weighted by molar-refractivity contribution is -0.185. The van der Waals surface area contributed by atoms with Gasteiger partial charge in [-0.25, -0.2) is 0 Å². The van der Waals surface area contributed by atoms with Crippen molar-refractivity contribution < 1.29 is 22.8 Å². The highest BCUT2D eigenvalue weighted by atomic mass is 19.4. The van der Waals surface area contributed by atoms with Gasteiger partial charge in [0.2, 0.25) is 5.91 Å². The van der Waals surface area contributed by atoms with Gasteiger partial charge >= 0.3 is 12.1 Å². The molecule has 8 heteroatoms. The molecule has 140 valence electrons. The van der Waals surface area contributed by atoms with Crippen LogP contribution in [0.1, 0.15) is 33.3 Å². The summed E-state index contributed by atoms with van der Waals surface area (Å²) in [7, 11) is 0. The standard InChI is InChI=1S/C17H24F3N3O2/c1-5-23(15(25)17(18,19)20)10-11-7-6-8-12(9-11)22-14(24)13(21)16(2,3)4/h6-9,13H,5,10,21H2,1-4H3,(H,22,24)/t13-/m1/s1. The molecule has 0 saturated heterocycles. The smallest absolute Gasteiger partial charge is 0.331 e. The molecule has 0 spiro atoms. The van der Waals surface area contributed by atoms with Crippen LogP contribution in [0.3, 0.4) is 0 Å². The average molecular weight is 359 g/mol. The van der Waals surface area contributed by atoms with Gasteiger partial charge in [0.25, 0.3) is 0 Å². The summed E-state index contributed by atoms with van der Waals surface area (Å²) in [6, 6.07) is 5.58. The summed E-state index contributed by atoms with van der Waals surface area (Å²) in [6.45, 7) is 6.67. The molecule has 0 aromatic heterocycles. The summed E-state index contributed by atoms with van der Waals surface area (Å²) in [5, 5.41) is 2.65. The van der Waals surface area contributed by atoms with Gasteiger partial charge in [0.05, 0.1) is 6.04 Å². The zero-order valence-corrected chi connectivity index (χ0v) is 14.8. The lowest BCUT2D eigenvalue weighted by Crippen LogP contribution is -2.45. The van der Waals surface area contributed by atoms with E-state index in [2.05, 4.69) is 5.32 Å². The number of halogens is 3. The SMILES string of the molecule is CCN(Cc1cccc(NC(=O)[C@@H](N)C(C)(C)C)c1)C(=O)C(F)(F)F. The second kappa shape index (κ2) is 7.86. The number of benzene rings is 1. The van der Waals surface area contributed by atoms with Crippen LogP contribution in [0.15, 0.2) is 24.3 Å². The van der Waals surface area contributed by atoms with Crippen molar-refractivity contribution in [1.29, 1.82) is 0 Å². The van der Waals surface area contributed by atoms with E-state index in [1.165, 1.54) is 13.0 Å². The molecule has 0 heterocycles. The zero-order chi connectivity index (χ0) is 19.4. The Balaban J connectivity index is 2.88. The molecule has 0 aliphatic heterocycles. The van der Waals surface area contributed by atoms with Crippen LogP contribution in [0.25, 0.3) is 0 Å². The van der Waals surface area contributed by atoms with E-state index in [0.29, 0.717) is 16.2 Å². The molecule has 0 unspecified atom stereocenters. The highest BCUT2D eigenvalue weighted by Crippen LogP contribution is 2.22. The lowest BCUT2D eigenvalue weighted by Gasteiger charge is -2.26. The highest BCUT2D eigenvalue weighted by Gasteiger charge is 2.41. The molecule has 2 amide bonds. The molecule has 0 saturated carbocycles. The van der Waals surface area contributed by atoms with Crippen LogP contribution in [-0.2, 0) is 16.1 Å². The van der Waals surface area contributed by atoms with Crippen molar-refractivity contribution in [3.05, 3.63) is 29.8 Å². The Morgan fingerprint density at radius 1 is 1.24 bits per heavy atom. The predicted molar refractivity (Wildman–Crippen MR) is 89.6 cm³/mol. The Kier molecular flexibility index (Phi) is 6.59. The first-order chi connectivity index (χ1) is 11.4. The van der Waals surface area contributed by atoms with E-state index < -0.39 is 23.5 Å². The topological polar surface area (TPSA) is 75.4 Å². The number of hydrogen-bond acceptors (Lipinski definition) is 3. The summed E-state index contributed by atoms with van der Waals surface area (Å²) in [5.74, 6) is -2.28. The zero-order valence-electron chi connectivity index (χ0n) is 14.8. The van der Waals surface area contributed by atoms with Crippen LogP contribution < -0.4 is 11.1 Å². The molecule has 25 heavy (non-hydrogen) atoms. The number of carbonyl (C=O) groups is 2. The van der Waals surface area contributed by atoms with Gasteiger partial charge in [-0.3, -0.25) is 9.59 Å². The molecule has 0 aliphatic carbocycles. The minimum absolute atomic E-state index is 0.0795. The van der Waals surface area contributed by atoms with Gasteiger partial charge in [-0.15, -0.1) is 0 Å². The molecule has 1 aromatic carbocycles. The molecule has 0 aliphatic rings. The number of carbonyl (C=O) groups excluding carboxylic acids is 2. The van der Waals surface area contributed by atoms with Crippen molar-refractivity contribution in [3.8, 4) is 0 Å². The van der Waals surface area contributed by atoms with Gasteiger partial charge < -0.3 is 16.0 Å². The van der Waals surface area contributed by atoms with Crippen LogP contribution in [-0.4, -0.2) is 35.5 Å². The van der Waals surface area contributed by atoms with Crippen molar-refractivity contribution in [3.63, 3.8) is 0 Å². The van der Waals surface area contributed by atoms with Crippen LogP contribution in [0.4, 0.5) is 18.9 Å². The van der Waals surface area contributed by atoms with E-state index in [-0.39, 0.29) is 19.0 Å². The summed E-state index contributed by atoms with van der Waals surface area (Å²) < 4.78 is 37.7. The van der Waals surface area contributed by atoms with Gasteiger partial charge in [0.1, 0.15) is 0 Å². The van der Waals surface area contributed by atoms with Crippen molar-refractivity contribution in [2.75, 3.05) is 11.9 Å². The Labute approximate surface area is 145 Å². The molecule has 0 radical (unpaired) electrons. The monoisotopic (exact) mass is 359 g/mol.